The SMILES string of the molecule is CCN(CC)CCNC(C)C(=O)NCCOC. The molecular weight excluding hydrogens is 218 g/mol. The Bertz CT molecular complexity index is 196. The van der Waals surface area contributed by atoms with Gasteiger partial charge in [-0.2, -0.15) is 0 Å². The van der Waals surface area contributed by atoms with Crippen molar-refractivity contribution in [2.45, 2.75) is 26.8 Å². The first kappa shape index (κ1) is 16.4. The summed E-state index contributed by atoms with van der Waals surface area (Å²) in [7, 11) is 1.62. The Labute approximate surface area is 105 Å². The van der Waals surface area contributed by atoms with Crippen molar-refractivity contribution in [2.75, 3.05) is 46.4 Å². The maximum Gasteiger partial charge on any atom is 0.236 e. The van der Waals surface area contributed by atoms with Gasteiger partial charge in [0, 0.05) is 26.7 Å². The molecule has 0 rings (SSSR count). The number of likely N-dealkylation sites (N-methyl/N-ethyl adjacent to an activating group) is 1. The van der Waals surface area contributed by atoms with E-state index in [-0.39, 0.29) is 11.9 Å². The Morgan fingerprint density at radius 3 is 2.47 bits per heavy atom. The quantitative estimate of drug-likeness (QED) is 0.535. The summed E-state index contributed by atoms with van der Waals surface area (Å²) in [5.41, 5.74) is 0. The molecule has 0 radical (unpaired) electrons. The number of nitrogens with zero attached hydrogens (tertiary/aromatic N) is 1. The van der Waals surface area contributed by atoms with E-state index >= 15 is 0 Å². The number of carbonyl (C=O) groups is 1. The molecule has 17 heavy (non-hydrogen) atoms. The van der Waals surface area contributed by atoms with E-state index in [1.54, 1.807) is 7.11 Å². The molecule has 0 aromatic carbocycles. The van der Waals surface area contributed by atoms with Gasteiger partial charge < -0.3 is 20.3 Å². The van der Waals surface area contributed by atoms with E-state index in [0.717, 1.165) is 26.2 Å². The highest BCUT2D eigenvalue weighted by Crippen LogP contribution is 1.86. The predicted octanol–water partition coefficient (Wildman–Crippen LogP) is 0.0689. The van der Waals surface area contributed by atoms with Gasteiger partial charge in [-0.15, -0.1) is 0 Å². The van der Waals surface area contributed by atoms with Gasteiger partial charge in [-0.1, -0.05) is 13.8 Å². The molecule has 0 saturated heterocycles. The number of hydrogen-bond acceptors (Lipinski definition) is 4. The van der Waals surface area contributed by atoms with E-state index in [0.29, 0.717) is 13.2 Å². The first-order valence-electron chi connectivity index (χ1n) is 6.38. The van der Waals surface area contributed by atoms with Crippen LogP contribution in [0.15, 0.2) is 0 Å². The van der Waals surface area contributed by atoms with Crippen molar-refractivity contribution in [3.8, 4) is 0 Å². The molecule has 0 heterocycles. The summed E-state index contributed by atoms with van der Waals surface area (Å²) < 4.78 is 4.87. The van der Waals surface area contributed by atoms with Crippen molar-refractivity contribution >= 4 is 5.91 Å². The summed E-state index contributed by atoms with van der Waals surface area (Å²) in [6, 6.07) is -0.151. The Kier molecular flexibility index (Phi) is 10.1. The molecule has 5 nitrogen and oxygen atoms in total. The smallest absolute Gasteiger partial charge is 0.236 e. The van der Waals surface area contributed by atoms with E-state index in [1.807, 2.05) is 6.92 Å². The van der Waals surface area contributed by atoms with E-state index in [2.05, 4.69) is 29.4 Å². The van der Waals surface area contributed by atoms with Crippen LogP contribution in [0.4, 0.5) is 0 Å². The van der Waals surface area contributed by atoms with Crippen LogP contribution in [-0.2, 0) is 9.53 Å². The fourth-order valence-corrected chi connectivity index (χ4v) is 1.50. The number of methoxy groups -OCH3 is 1. The lowest BCUT2D eigenvalue weighted by Gasteiger charge is -2.20. The minimum Gasteiger partial charge on any atom is -0.383 e. The third kappa shape index (κ3) is 8.12. The van der Waals surface area contributed by atoms with Crippen molar-refractivity contribution in [1.82, 2.24) is 15.5 Å². The normalized spacial score (nSPS) is 12.8. The molecule has 2 N–H and O–H groups in total. The Morgan fingerprint density at radius 1 is 1.29 bits per heavy atom. The molecule has 0 bridgehead atoms. The third-order valence-electron chi connectivity index (χ3n) is 2.77. The molecular formula is C12H27N3O2. The van der Waals surface area contributed by atoms with Gasteiger partial charge in [0.1, 0.15) is 0 Å². The lowest BCUT2D eigenvalue weighted by Crippen LogP contribution is -2.45. The number of carbonyl (C=O) groups excluding carboxylic acids is 1. The van der Waals surface area contributed by atoms with Crippen LogP contribution >= 0.6 is 0 Å². The average Bonchev–Trinajstić information content (AvgIpc) is 2.34. The van der Waals surface area contributed by atoms with Crippen LogP contribution in [0.3, 0.4) is 0 Å². The van der Waals surface area contributed by atoms with E-state index in [4.69, 9.17) is 4.74 Å². The summed E-state index contributed by atoms with van der Waals surface area (Å²) in [4.78, 5) is 13.9. The van der Waals surface area contributed by atoms with Crippen LogP contribution in [0.25, 0.3) is 0 Å². The zero-order chi connectivity index (χ0) is 13.1. The summed E-state index contributed by atoms with van der Waals surface area (Å²) in [6.07, 6.45) is 0. The highest BCUT2D eigenvalue weighted by Gasteiger charge is 2.11. The topological polar surface area (TPSA) is 53.6 Å². The van der Waals surface area contributed by atoms with Gasteiger partial charge in [-0.3, -0.25) is 4.79 Å². The zero-order valence-electron chi connectivity index (χ0n) is 11.6. The molecule has 0 aromatic rings. The lowest BCUT2D eigenvalue weighted by molar-refractivity contribution is -0.122. The molecule has 1 atom stereocenters. The molecule has 0 aliphatic heterocycles. The van der Waals surface area contributed by atoms with E-state index < -0.39 is 0 Å². The van der Waals surface area contributed by atoms with Crippen LogP contribution in [0.1, 0.15) is 20.8 Å². The largest absolute Gasteiger partial charge is 0.383 e. The molecule has 0 aromatic heterocycles. The molecule has 0 aliphatic rings. The van der Waals surface area contributed by atoms with Gasteiger partial charge in [0.25, 0.3) is 0 Å². The van der Waals surface area contributed by atoms with E-state index in [1.165, 1.54) is 0 Å². The molecule has 0 fully saturated rings. The van der Waals surface area contributed by atoms with Crippen LogP contribution in [0, 0.1) is 0 Å². The molecule has 102 valence electrons. The van der Waals surface area contributed by atoms with Crippen molar-refractivity contribution < 1.29 is 9.53 Å². The molecule has 0 spiro atoms. The van der Waals surface area contributed by atoms with Crippen molar-refractivity contribution in [1.29, 1.82) is 0 Å². The van der Waals surface area contributed by atoms with Crippen LogP contribution in [-0.4, -0.2) is 63.3 Å². The number of ether oxygens (including phenoxy) is 1. The maximum atomic E-state index is 11.6. The summed E-state index contributed by atoms with van der Waals surface area (Å²) in [6.45, 7) is 11.2. The molecule has 1 unspecified atom stereocenters. The van der Waals surface area contributed by atoms with Gasteiger partial charge in [0.05, 0.1) is 12.6 Å². The van der Waals surface area contributed by atoms with Gasteiger partial charge in [-0.25, -0.2) is 0 Å². The van der Waals surface area contributed by atoms with Crippen molar-refractivity contribution in [2.24, 2.45) is 0 Å². The molecule has 1 amide bonds. The predicted molar refractivity (Wildman–Crippen MR) is 70.1 cm³/mol. The second-order valence-corrected chi connectivity index (χ2v) is 3.99. The lowest BCUT2D eigenvalue weighted by atomic mass is 10.3. The Hall–Kier alpha value is -0.650. The van der Waals surface area contributed by atoms with Gasteiger partial charge in [0.2, 0.25) is 5.91 Å². The Morgan fingerprint density at radius 2 is 1.94 bits per heavy atom. The van der Waals surface area contributed by atoms with Crippen molar-refractivity contribution in [3.05, 3.63) is 0 Å². The standard InChI is InChI=1S/C12H27N3O2/c1-5-15(6-2)9-7-13-11(3)12(16)14-8-10-17-4/h11,13H,5-10H2,1-4H3,(H,14,16). The summed E-state index contributed by atoms with van der Waals surface area (Å²) in [5.74, 6) is 0.0293. The second-order valence-electron chi connectivity index (χ2n) is 3.99. The number of nitrogens with one attached hydrogen (secondary N) is 2. The maximum absolute atomic E-state index is 11.6. The zero-order valence-corrected chi connectivity index (χ0v) is 11.6. The highest BCUT2D eigenvalue weighted by molar-refractivity contribution is 5.81. The minimum absolute atomic E-state index is 0.0293. The number of amides is 1. The highest BCUT2D eigenvalue weighted by atomic mass is 16.5. The van der Waals surface area contributed by atoms with Gasteiger partial charge in [-0.05, 0) is 20.0 Å². The Balaban J connectivity index is 3.62. The van der Waals surface area contributed by atoms with Crippen LogP contribution < -0.4 is 10.6 Å². The first-order chi connectivity index (χ1) is 8.15. The number of hydrogen-bond donors (Lipinski definition) is 2. The average molecular weight is 245 g/mol. The fraction of sp³-hybridized carbons (Fsp3) is 0.917. The van der Waals surface area contributed by atoms with Crippen molar-refractivity contribution in [3.63, 3.8) is 0 Å². The second kappa shape index (κ2) is 10.5. The van der Waals surface area contributed by atoms with Crippen LogP contribution in [0.5, 0.6) is 0 Å². The summed E-state index contributed by atoms with van der Waals surface area (Å²) in [5, 5.41) is 6.02. The molecule has 5 heteroatoms. The van der Waals surface area contributed by atoms with Gasteiger partial charge in [0.15, 0.2) is 0 Å². The van der Waals surface area contributed by atoms with Crippen LogP contribution in [0.2, 0.25) is 0 Å². The monoisotopic (exact) mass is 245 g/mol. The summed E-state index contributed by atoms with van der Waals surface area (Å²) >= 11 is 0. The first-order valence-corrected chi connectivity index (χ1v) is 6.38. The number of rotatable bonds is 10. The fourth-order valence-electron chi connectivity index (χ4n) is 1.50. The molecule has 0 aliphatic carbocycles. The third-order valence-corrected chi connectivity index (χ3v) is 2.77. The molecule has 0 saturated carbocycles. The van der Waals surface area contributed by atoms with E-state index in [9.17, 15) is 4.79 Å². The minimum atomic E-state index is -0.151. The van der Waals surface area contributed by atoms with Gasteiger partial charge >= 0.3 is 0 Å².